The van der Waals surface area contributed by atoms with E-state index in [9.17, 15) is 14.7 Å². The Bertz CT molecular complexity index is 1010. The Balaban J connectivity index is 1.90. The number of allylic oxidation sites excluding steroid dienone is 2. The minimum atomic E-state index is -1.13. The van der Waals surface area contributed by atoms with Crippen LogP contribution in [0.1, 0.15) is 46.1 Å². The SMILES string of the molecule is C=C1[C@@H](C)C2[C@H](Cc3ccccc3)NC(=O)[C@]23[C@H](OC(C)=O)/C=C/[C@@H](C)CC(C)C/C=C/[C@H]3[C@@H]1O. The molecule has 0 bridgehead atoms. The molecule has 3 aliphatic rings. The van der Waals surface area contributed by atoms with E-state index in [0.29, 0.717) is 12.3 Å². The van der Waals surface area contributed by atoms with Crippen LogP contribution in [-0.2, 0) is 20.7 Å². The average Bonchev–Trinajstić information content (AvgIpc) is 3.08. The van der Waals surface area contributed by atoms with E-state index in [1.54, 1.807) is 0 Å². The van der Waals surface area contributed by atoms with Crippen molar-refractivity contribution >= 4 is 11.9 Å². The topological polar surface area (TPSA) is 75.6 Å². The standard InChI is InChI=1S/C30H39NO4/c1-18-10-9-13-24-28(33)21(4)20(3)27-25(17-23-11-7-6-8-12-23)31-29(34)30(24,27)26(35-22(5)32)15-14-19(2)16-18/h6-9,11-15,18-20,24-28,33H,4,10,16-17H2,1-3,5H3,(H,31,34)/b13-9+,15-14+/t18?,19-,20-,24+,25+,26-,27?,28-,30-/m1/s1. The number of rotatable bonds is 3. The third-order valence-electron chi connectivity index (χ3n) is 8.42. The predicted molar refractivity (Wildman–Crippen MR) is 137 cm³/mol. The molecule has 5 nitrogen and oxygen atoms in total. The molecule has 188 valence electrons. The Labute approximate surface area is 209 Å². The highest BCUT2D eigenvalue weighted by atomic mass is 16.5. The number of aliphatic hydroxyl groups excluding tert-OH is 1. The van der Waals surface area contributed by atoms with Crippen molar-refractivity contribution in [3.8, 4) is 0 Å². The highest BCUT2D eigenvalue weighted by Crippen LogP contribution is 2.58. The zero-order valence-electron chi connectivity index (χ0n) is 21.3. The molecule has 1 spiro atoms. The fourth-order valence-corrected chi connectivity index (χ4v) is 6.85. The Morgan fingerprint density at radius 2 is 1.89 bits per heavy atom. The molecule has 5 heteroatoms. The summed E-state index contributed by atoms with van der Waals surface area (Å²) in [7, 11) is 0. The summed E-state index contributed by atoms with van der Waals surface area (Å²) in [6.07, 6.45) is 8.90. The van der Waals surface area contributed by atoms with E-state index < -0.39 is 29.5 Å². The van der Waals surface area contributed by atoms with Gasteiger partial charge in [-0.3, -0.25) is 9.59 Å². The van der Waals surface area contributed by atoms with Gasteiger partial charge in [-0.1, -0.05) is 75.9 Å². The number of benzene rings is 1. The van der Waals surface area contributed by atoms with Gasteiger partial charge in [0.15, 0.2) is 0 Å². The van der Waals surface area contributed by atoms with Crippen molar-refractivity contribution in [2.45, 2.75) is 65.2 Å². The van der Waals surface area contributed by atoms with Gasteiger partial charge in [0.05, 0.1) is 6.10 Å². The second-order valence-corrected chi connectivity index (χ2v) is 11.0. The third-order valence-corrected chi connectivity index (χ3v) is 8.42. The summed E-state index contributed by atoms with van der Waals surface area (Å²) >= 11 is 0. The highest BCUT2D eigenvalue weighted by molar-refractivity contribution is 5.89. The van der Waals surface area contributed by atoms with Crippen LogP contribution in [0.3, 0.4) is 0 Å². The van der Waals surface area contributed by atoms with Crippen LogP contribution in [0.4, 0.5) is 0 Å². The van der Waals surface area contributed by atoms with Crippen molar-refractivity contribution in [3.05, 3.63) is 72.4 Å². The quantitative estimate of drug-likeness (QED) is 0.492. The maximum Gasteiger partial charge on any atom is 0.303 e. The highest BCUT2D eigenvalue weighted by Gasteiger charge is 2.68. The molecule has 1 aromatic rings. The van der Waals surface area contributed by atoms with Crippen molar-refractivity contribution in [2.24, 2.45) is 35.0 Å². The first-order chi connectivity index (χ1) is 16.7. The molecule has 9 atom stereocenters. The van der Waals surface area contributed by atoms with E-state index in [1.165, 1.54) is 6.92 Å². The normalized spacial score (nSPS) is 41.1. The molecule has 2 N–H and O–H groups in total. The van der Waals surface area contributed by atoms with Crippen molar-refractivity contribution in [2.75, 3.05) is 0 Å². The van der Waals surface area contributed by atoms with Gasteiger partial charge in [0.25, 0.3) is 0 Å². The number of nitrogens with one attached hydrogen (secondary N) is 1. The average molecular weight is 478 g/mol. The fraction of sp³-hybridized carbons (Fsp3) is 0.533. The van der Waals surface area contributed by atoms with E-state index in [-0.39, 0.29) is 29.7 Å². The zero-order valence-corrected chi connectivity index (χ0v) is 21.3. The number of esters is 1. The molecule has 1 aromatic carbocycles. The summed E-state index contributed by atoms with van der Waals surface area (Å²) in [6, 6.07) is 9.94. The van der Waals surface area contributed by atoms with Gasteiger partial charge in [-0.15, -0.1) is 0 Å². The zero-order chi connectivity index (χ0) is 25.3. The lowest BCUT2D eigenvalue weighted by molar-refractivity contribution is -0.166. The van der Waals surface area contributed by atoms with Crippen molar-refractivity contribution in [3.63, 3.8) is 0 Å². The number of amides is 1. The van der Waals surface area contributed by atoms with Gasteiger partial charge in [0, 0.05) is 24.8 Å². The first kappa shape index (κ1) is 25.4. The number of carbonyl (C=O) groups excluding carboxylic acids is 2. The molecule has 1 amide bonds. The third kappa shape index (κ3) is 4.63. The predicted octanol–water partition coefficient (Wildman–Crippen LogP) is 4.62. The minimum Gasteiger partial charge on any atom is -0.457 e. The molecular formula is C30H39NO4. The van der Waals surface area contributed by atoms with Gasteiger partial charge in [-0.25, -0.2) is 0 Å². The number of ether oxygens (including phenoxy) is 1. The summed E-state index contributed by atoms with van der Waals surface area (Å²) in [5.41, 5.74) is 0.729. The molecule has 1 saturated carbocycles. The number of aliphatic hydroxyl groups is 1. The Morgan fingerprint density at radius 1 is 1.17 bits per heavy atom. The second kappa shape index (κ2) is 10.1. The summed E-state index contributed by atoms with van der Waals surface area (Å²) < 4.78 is 5.95. The van der Waals surface area contributed by atoms with Gasteiger partial charge in [-0.05, 0) is 54.2 Å². The monoisotopic (exact) mass is 477 g/mol. The van der Waals surface area contributed by atoms with Gasteiger partial charge in [0.2, 0.25) is 5.91 Å². The van der Waals surface area contributed by atoms with Crippen LogP contribution in [0.5, 0.6) is 0 Å². The van der Waals surface area contributed by atoms with Gasteiger partial charge < -0.3 is 15.2 Å². The molecule has 2 fully saturated rings. The van der Waals surface area contributed by atoms with E-state index in [2.05, 4.69) is 50.0 Å². The van der Waals surface area contributed by atoms with E-state index in [4.69, 9.17) is 4.74 Å². The van der Waals surface area contributed by atoms with Crippen molar-refractivity contribution < 1.29 is 19.4 Å². The van der Waals surface area contributed by atoms with E-state index in [0.717, 1.165) is 24.0 Å². The second-order valence-electron chi connectivity index (χ2n) is 11.0. The Hall–Kier alpha value is -2.66. The molecular weight excluding hydrogens is 438 g/mol. The molecule has 1 heterocycles. The summed E-state index contributed by atoms with van der Waals surface area (Å²) in [5, 5.41) is 14.8. The van der Waals surface area contributed by atoms with E-state index in [1.807, 2.05) is 37.3 Å². The molecule has 2 aliphatic carbocycles. The smallest absolute Gasteiger partial charge is 0.303 e. The molecule has 35 heavy (non-hydrogen) atoms. The minimum absolute atomic E-state index is 0.143. The Kier molecular flexibility index (Phi) is 7.37. The van der Waals surface area contributed by atoms with Crippen LogP contribution in [-0.4, -0.2) is 35.2 Å². The lowest BCUT2D eigenvalue weighted by atomic mass is 9.51. The first-order valence-electron chi connectivity index (χ1n) is 12.9. The summed E-state index contributed by atoms with van der Waals surface area (Å²) in [5.74, 6) is -0.767. The lowest BCUT2D eigenvalue weighted by Crippen LogP contribution is -2.60. The molecule has 0 aromatic heterocycles. The molecule has 1 aliphatic heterocycles. The number of carbonyl (C=O) groups is 2. The van der Waals surface area contributed by atoms with E-state index >= 15 is 0 Å². The maximum atomic E-state index is 14.1. The van der Waals surface area contributed by atoms with Crippen LogP contribution >= 0.6 is 0 Å². The van der Waals surface area contributed by atoms with Crippen molar-refractivity contribution in [1.82, 2.24) is 5.32 Å². The first-order valence-corrected chi connectivity index (χ1v) is 12.9. The summed E-state index contributed by atoms with van der Waals surface area (Å²) in [4.78, 5) is 26.5. The lowest BCUT2D eigenvalue weighted by Gasteiger charge is -2.52. The van der Waals surface area contributed by atoms with Crippen LogP contribution in [0, 0.1) is 35.0 Å². The van der Waals surface area contributed by atoms with Crippen LogP contribution in [0.2, 0.25) is 0 Å². The number of hydrogen-bond acceptors (Lipinski definition) is 4. The number of hydrogen-bond donors (Lipinski definition) is 2. The largest absolute Gasteiger partial charge is 0.457 e. The molecule has 1 saturated heterocycles. The van der Waals surface area contributed by atoms with Gasteiger partial charge >= 0.3 is 5.97 Å². The summed E-state index contributed by atoms with van der Waals surface area (Å²) in [6.45, 7) is 12.1. The molecule has 0 radical (unpaired) electrons. The van der Waals surface area contributed by atoms with Gasteiger partial charge in [0.1, 0.15) is 11.5 Å². The van der Waals surface area contributed by atoms with Crippen LogP contribution < -0.4 is 5.32 Å². The Morgan fingerprint density at radius 3 is 2.57 bits per heavy atom. The molecule has 2 unspecified atom stereocenters. The molecule has 4 rings (SSSR count). The van der Waals surface area contributed by atoms with Crippen LogP contribution in [0.25, 0.3) is 0 Å². The maximum absolute atomic E-state index is 14.1. The fourth-order valence-electron chi connectivity index (χ4n) is 6.85. The van der Waals surface area contributed by atoms with Gasteiger partial charge in [-0.2, -0.15) is 0 Å². The van der Waals surface area contributed by atoms with Crippen molar-refractivity contribution in [1.29, 1.82) is 0 Å². The van der Waals surface area contributed by atoms with Crippen LogP contribution in [0.15, 0.2) is 66.8 Å².